The van der Waals surface area contributed by atoms with Gasteiger partial charge in [-0.05, 0) is 0 Å². The van der Waals surface area contributed by atoms with Gasteiger partial charge in [-0.1, -0.05) is 0 Å². The van der Waals surface area contributed by atoms with E-state index in [4.69, 9.17) is 4.74 Å². The van der Waals surface area contributed by atoms with E-state index in [1.54, 1.807) is 7.11 Å². The molecule has 0 unspecified atom stereocenters. The third kappa shape index (κ3) is 1.91. The van der Waals surface area contributed by atoms with Crippen molar-refractivity contribution in [3.05, 3.63) is 0 Å². The molecule has 1 fully saturated rings. The number of carbonyl (C=O) groups excluding carboxylic acids is 1. The van der Waals surface area contributed by atoms with Gasteiger partial charge in [-0.2, -0.15) is 0 Å². The van der Waals surface area contributed by atoms with Gasteiger partial charge in [0.25, 0.3) is 0 Å². The second-order valence-electron chi connectivity index (χ2n) is 2.58. The fourth-order valence-electron chi connectivity index (χ4n) is 1.20. The van der Waals surface area contributed by atoms with Crippen LogP contribution in [0.1, 0.15) is 6.42 Å². The van der Waals surface area contributed by atoms with Crippen molar-refractivity contribution in [3.63, 3.8) is 0 Å². The van der Waals surface area contributed by atoms with Crippen LogP contribution in [0.2, 0.25) is 0 Å². The van der Waals surface area contributed by atoms with Crippen molar-refractivity contribution in [2.24, 2.45) is 0 Å². The molecular weight excluding hydrogens is 146 g/mol. The summed E-state index contributed by atoms with van der Waals surface area (Å²) in [6.45, 7) is 0.732. The monoisotopic (exact) mass is 159 g/mol. The number of nitrogens with one attached hydrogen (secondary N) is 1. The Morgan fingerprint density at radius 1 is 1.55 bits per heavy atom. The van der Waals surface area contributed by atoms with Crippen LogP contribution in [-0.4, -0.2) is 38.9 Å². The van der Waals surface area contributed by atoms with Crippen LogP contribution >= 0.6 is 0 Å². The zero-order valence-electron chi connectivity index (χ0n) is 6.79. The lowest BCUT2D eigenvalue weighted by Gasteiger charge is -2.06. The minimum atomic E-state index is -0.204. The maximum atomic E-state index is 10.9. The van der Waals surface area contributed by atoms with Crippen LogP contribution < -0.4 is 5.32 Å². The predicted octanol–water partition coefficient (Wildman–Crippen LogP) is -0.464. The molecule has 1 rings (SSSR count). The standard InChI is InChI=1S/C7H13NO3/c1-10-5-3-6(8-4-5)7(9)11-2/h5-6,8H,3-4H2,1-2H3/t5-,6+/m1/s1. The molecule has 0 spiro atoms. The quantitative estimate of drug-likeness (QED) is 0.554. The molecular formula is C7H13NO3. The van der Waals surface area contributed by atoms with E-state index in [-0.39, 0.29) is 18.1 Å². The molecule has 1 N–H and O–H groups in total. The molecule has 64 valence electrons. The smallest absolute Gasteiger partial charge is 0.322 e. The van der Waals surface area contributed by atoms with Crippen molar-refractivity contribution < 1.29 is 14.3 Å². The van der Waals surface area contributed by atoms with Gasteiger partial charge in [0.05, 0.1) is 13.2 Å². The number of rotatable bonds is 2. The van der Waals surface area contributed by atoms with E-state index in [9.17, 15) is 4.79 Å². The summed E-state index contributed by atoms with van der Waals surface area (Å²) in [7, 11) is 3.04. The van der Waals surface area contributed by atoms with E-state index in [1.807, 2.05) is 0 Å². The average Bonchev–Trinajstić information content (AvgIpc) is 2.50. The first kappa shape index (κ1) is 8.49. The fraction of sp³-hybridized carbons (Fsp3) is 0.857. The highest BCUT2D eigenvalue weighted by Crippen LogP contribution is 2.09. The van der Waals surface area contributed by atoms with E-state index >= 15 is 0 Å². The molecule has 0 aromatic carbocycles. The molecule has 1 aliphatic rings. The second-order valence-corrected chi connectivity index (χ2v) is 2.58. The Bertz CT molecular complexity index is 149. The van der Waals surface area contributed by atoms with Crippen molar-refractivity contribution in [1.82, 2.24) is 5.32 Å². The SMILES string of the molecule is COC(=O)[C@@H]1C[C@@H](OC)CN1. The van der Waals surface area contributed by atoms with Gasteiger partial charge in [-0.15, -0.1) is 0 Å². The van der Waals surface area contributed by atoms with Crippen LogP contribution in [0.25, 0.3) is 0 Å². The number of hydrogen-bond donors (Lipinski definition) is 1. The van der Waals surface area contributed by atoms with E-state index < -0.39 is 0 Å². The first-order valence-electron chi connectivity index (χ1n) is 3.62. The average molecular weight is 159 g/mol. The summed E-state index contributed by atoms with van der Waals surface area (Å²) in [6.07, 6.45) is 0.863. The summed E-state index contributed by atoms with van der Waals surface area (Å²) in [6, 6.07) is -0.176. The Morgan fingerprint density at radius 2 is 2.27 bits per heavy atom. The third-order valence-electron chi connectivity index (χ3n) is 1.91. The maximum Gasteiger partial charge on any atom is 0.322 e. The first-order valence-corrected chi connectivity index (χ1v) is 3.62. The van der Waals surface area contributed by atoms with Gasteiger partial charge in [0.2, 0.25) is 0 Å². The fourth-order valence-corrected chi connectivity index (χ4v) is 1.20. The highest BCUT2D eigenvalue weighted by atomic mass is 16.5. The molecule has 11 heavy (non-hydrogen) atoms. The van der Waals surface area contributed by atoms with Crippen molar-refractivity contribution in [1.29, 1.82) is 0 Å². The number of carbonyl (C=O) groups is 1. The zero-order valence-corrected chi connectivity index (χ0v) is 6.79. The Morgan fingerprint density at radius 3 is 2.73 bits per heavy atom. The maximum absolute atomic E-state index is 10.9. The van der Waals surface area contributed by atoms with Crippen LogP contribution in [0.4, 0.5) is 0 Å². The summed E-state index contributed by atoms with van der Waals surface area (Å²) in [5.41, 5.74) is 0. The van der Waals surface area contributed by atoms with Gasteiger partial charge in [-0.3, -0.25) is 4.79 Å². The van der Waals surface area contributed by atoms with Gasteiger partial charge >= 0.3 is 5.97 Å². The highest BCUT2D eigenvalue weighted by Gasteiger charge is 2.29. The minimum Gasteiger partial charge on any atom is -0.468 e. The Kier molecular flexibility index (Phi) is 2.84. The highest BCUT2D eigenvalue weighted by molar-refractivity contribution is 5.76. The molecule has 0 radical (unpaired) electrons. The largest absolute Gasteiger partial charge is 0.468 e. The molecule has 2 atom stereocenters. The number of methoxy groups -OCH3 is 2. The van der Waals surface area contributed by atoms with Gasteiger partial charge in [0.15, 0.2) is 0 Å². The zero-order chi connectivity index (χ0) is 8.27. The summed E-state index contributed by atoms with van der Waals surface area (Å²) in [5.74, 6) is -0.204. The Labute approximate surface area is 65.9 Å². The summed E-state index contributed by atoms with van der Waals surface area (Å²) >= 11 is 0. The molecule has 1 heterocycles. The van der Waals surface area contributed by atoms with Crippen molar-refractivity contribution >= 4 is 5.97 Å². The lowest BCUT2D eigenvalue weighted by Crippen LogP contribution is -2.31. The third-order valence-corrected chi connectivity index (χ3v) is 1.91. The number of esters is 1. The topological polar surface area (TPSA) is 47.6 Å². The van der Waals surface area contributed by atoms with Crippen LogP contribution in [0, 0.1) is 0 Å². The first-order chi connectivity index (χ1) is 5.27. The van der Waals surface area contributed by atoms with Gasteiger partial charge in [-0.25, -0.2) is 0 Å². The molecule has 0 saturated carbocycles. The van der Waals surface area contributed by atoms with Crippen molar-refractivity contribution in [3.8, 4) is 0 Å². The van der Waals surface area contributed by atoms with Crippen LogP contribution in [0.3, 0.4) is 0 Å². The van der Waals surface area contributed by atoms with E-state index in [0.29, 0.717) is 6.42 Å². The predicted molar refractivity (Wildman–Crippen MR) is 39.2 cm³/mol. The molecule has 1 saturated heterocycles. The summed E-state index contributed by atoms with van der Waals surface area (Å²) in [5, 5.41) is 3.01. The molecule has 0 amide bonds. The minimum absolute atomic E-state index is 0.152. The Hall–Kier alpha value is -0.610. The van der Waals surface area contributed by atoms with E-state index in [2.05, 4.69) is 10.1 Å². The molecule has 4 heteroatoms. The van der Waals surface area contributed by atoms with Crippen molar-refractivity contribution in [2.75, 3.05) is 20.8 Å². The van der Waals surface area contributed by atoms with E-state index in [0.717, 1.165) is 6.54 Å². The normalized spacial score (nSPS) is 30.4. The number of ether oxygens (including phenoxy) is 2. The number of hydrogen-bond acceptors (Lipinski definition) is 4. The lowest BCUT2D eigenvalue weighted by atomic mass is 10.2. The molecule has 0 aromatic heterocycles. The molecule has 0 aromatic rings. The van der Waals surface area contributed by atoms with Crippen LogP contribution in [0.5, 0.6) is 0 Å². The molecule has 0 aliphatic carbocycles. The molecule has 0 bridgehead atoms. The van der Waals surface area contributed by atoms with E-state index in [1.165, 1.54) is 7.11 Å². The van der Waals surface area contributed by atoms with Gasteiger partial charge in [0.1, 0.15) is 6.04 Å². The van der Waals surface area contributed by atoms with Crippen LogP contribution in [-0.2, 0) is 14.3 Å². The van der Waals surface area contributed by atoms with Gasteiger partial charge in [0, 0.05) is 20.1 Å². The Balaban J connectivity index is 2.35. The van der Waals surface area contributed by atoms with Gasteiger partial charge < -0.3 is 14.8 Å². The van der Waals surface area contributed by atoms with Crippen molar-refractivity contribution in [2.45, 2.75) is 18.6 Å². The second kappa shape index (κ2) is 3.69. The van der Waals surface area contributed by atoms with Crippen LogP contribution in [0.15, 0.2) is 0 Å². The lowest BCUT2D eigenvalue weighted by molar-refractivity contribution is -0.142. The summed E-state index contributed by atoms with van der Waals surface area (Å²) < 4.78 is 9.64. The summed E-state index contributed by atoms with van der Waals surface area (Å²) in [4.78, 5) is 10.9. The molecule has 4 nitrogen and oxygen atoms in total. The molecule has 1 aliphatic heterocycles.